The summed E-state index contributed by atoms with van der Waals surface area (Å²) in [4.78, 5) is 24.1. The van der Waals surface area contributed by atoms with Gasteiger partial charge in [-0.05, 0) is 12.1 Å². The summed E-state index contributed by atoms with van der Waals surface area (Å²) in [7, 11) is 2.83. The molecule has 10 heteroatoms. The summed E-state index contributed by atoms with van der Waals surface area (Å²) in [5, 5.41) is 11.4. The minimum atomic E-state index is -4.69. The first-order chi connectivity index (χ1) is 11.7. The zero-order chi connectivity index (χ0) is 18.8. The van der Waals surface area contributed by atoms with Crippen LogP contribution in [0.2, 0.25) is 0 Å². The van der Waals surface area contributed by atoms with Gasteiger partial charge in [0, 0.05) is 24.8 Å². The number of nitrogens with one attached hydrogen (secondary N) is 1. The molecule has 1 saturated heterocycles. The first-order valence-corrected chi connectivity index (χ1v) is 7.24. The van der Waals surface area contributed by atoms with E-state index in [2.05, 4.69) is 5.32 Å². The van der Waals surface area contributed by atoms with E-state index in [0.717, 1.165) is 4.90 Å². The van der Waals surface area contributed by atoms with Crippen LogP contribution in [0.4, 0.5) is 23.7 Å². The standard InChI is InChI=1S/C15H17F3N2O5/c1-24-11-4-3-8(5-12(11)25-2)19-14(23)20-6-9(13(21)22)10(7-20)15(16,17)18/h3-5,9-10H,6-7H2,1-2H3,(H,19,23)(H,21,22)/t9-,10-/m1/s1. The van der Waals surface area contributed by atoms with Crippen molar-refractivity contribution in [3.63, 3.8) is 0 Å². The number of halogens is 3. The molecule has 25 heavy (non-hydrogen) atoms. The molecule has 0 aromatic heterocycles. The molecule has 0 spiro atoms. The number of carboxylic acids is 1. The fourth-order valence-electron chi connectivity index (χ4n) is 2.67. The Morgan fingerprint density at radius 1 is 1.20 bits per heavy atom. The molecular formula is C15H17F3N2O5. The third-order valence-corrected chi connectivity index (χ3v) is 3.98. The smallest absolute Gasteiger partial charge is 0.394 e. The molecule has 2 atom stereocenters. The maximum absolute atomic E-state index is 13.0. The number of alkyl halides is 3. The zero-order valence-corrected chi connectivity index (χ0v) is 13.5. The summed E-state index contributed by atoms with van der Waals surface area (Å²) in [5.41, 5.74) is 0.282. The van der Waals surface area contributed by atoms with Crippen LogP contribution in [0.5, 0.6) is 11.5 Å². The Morgan fingerprint density at radius 2 is 1.84 bits per heavy atom. The number of rotatable bonds is 4. The number of hydrogen-bond donors (Lipinski definition) is 2. The minimum absolute atomic E-state index is 0.282. The van der Waals surface area contributed by atoms with E-state index in [0.29, 0.717) is 11.5 Å². The number of carbonyl (C=O) groups is 2. The van der Waals surface area contributed by atoms with Gasteiger partial charge in [-0.15, -0.1) is 0 Å². The van der Waals surface area contributed by atoms with Crippen molar-refractivity contribution >= 4 is 17.7 Å². The van der Waals surface area contributed by atoms with Crippen LogP contribution < -0.4 is 14.8 Å². The largest absolute Gasteiger partial charge is 0.493 e. The maximum atomic E-state index is 13.0. The highest BCUT2D eigenvalue weighted by molar-refractivity contribution is 5.90. The van der Waals surface area contributed by atoms with Crippen LogP contribution in [0.15, 0.2) is 18.2 Å². The molecule has 7 nitrogen and oxygen atoms in total. The Kier molecular flexibility index (Phi) is 5.29. The molecule has 1 heterocycles. The summed E-state index contributed by atoms with van der Waals surface area (Å²) in [5.74, 6) is -4.61. The van der Waals surface area contributed by atoms with Crippen LogP contribution in [-0.2, 0) is 4.79 Å². The summed E-state index contributed by atoms with van der Waals surface area (Å²) in [6.07, 6.45) is -4.69. The highest BCUT2D eigenvalue weighted by Gasteiger charge is 2.53. The van der Waals surface area contributed by atoms with Crippen molar-refractivity contribution < 1.29 is 37.3 Å². The van der Waals surface area contributed by atoms with E-state index in [1.165, 1.54) is 32.4 Å². The normalized spacial score (nSPS) is 20.3. The number of carbonyl (C=O) groups excluding carboxylic acids is 1. The van der Waals surface area contributed by atoms with Crippen LogP contribution in [0, 0.1) is 11.8 Å². The van der Waals surface area contributed by atoms with Gasteiger partial charge in [0.25, 0.3) is 0 Å². The van der Waals surface area contributed by atoms with Crippen molar-refractivity contribution in [3.05, 3.63) is 18.2 Å². The van der Waals surface area contributed by atoms with Gasteiger partial charge in [0.2, 0.25) is 0 Å². The van der Waals surface area contributed by atoms with E-state index in [4.69, 9.17) is 14.6 Å². The van der Waals surface area contributed by atoms with E-state index >= 15 is 0 Å². The van der Waals surface area contributed by atoms with Crippen molar-refractivity contribution in [3.8, 4) is 11.5 Å². The molecule has 0 bridgehead atoms. The van der Waals surface area contributed by atoms with E-state index in [-0.39, 0.29) is 5.69 Å². The van der Waals surface area contributed by atoms with Gasteiger partial charge in [-0.25, -0.2) is 4.79 Å². The molecule has 138 valence electrons. The summed E-state index contributed by atoms with van der Waals surface area (Å²) in [6, 6.07) is 3.65. The van der Waals surface area contributed by atoms with Gasteiger partial charge >= 0.3 is 18.2 Å². The van der Waals surface area contributed by atoms with Crippen LogP contribution in [0.25, 0.3) is 0 Å². The van der Waals surface area contributed by atoms with E-state index in [1.54, 1.807) is 0 Å². The lowest BCUT2D eigenvalue weighted by atomic mass is 9.96. The molecule has 1 aromatic rings. The number of benzene rings is 1. The predicted molar refractivity (Wildman–Crippen MR) is 80.8 cm³/mol. The number of likely N-dealkylation sites (tertiary alicyclic amines) is 1. The van der Waals surface area contributed by atoms with Crippen molar-refractivity contribution in [1.29, 1.82) is 0 Å². The second-order valence-corrected chi connectivity index (χ2v) is 5.50. The Bertz CT molecular complexity index is 665. The number of methoxy groups -OCH3 is 2. The lowest BCUT2D eigenvalue weighted by Gasteiger charge is -2.19. The summed E-state index contributed by atoms with van der Waals surface area (Å²) in [6.45, 7) is -1.22. The average Bonchev–Trinajstić information content (AvgIpc) is 3.00. The molecule has 2 rings (SSSR count). The lowest BCUT2D eigenvalue weighted by Crippen LogP contribution is -2.35. The third kappa shape index (κ3) is 4.06. The van der Waals surface area contributed by atoms with Crippen molar-refractivity contribution in [2.45, 2.75) is 6.18 Å². The fraction of sp³-hybridized carbons (Fsp3) is 0.467. The Balaban J connectivity index is 2.12. The number of amides is 2. The second-order valence-electron chi connectivity index (χ2n) is 5.50. The molecular weight excluding hydrogens is 345 g/mol. The summed E-state index contributed by atoms with van der Waals surface area (Å²) < 4.78 is 49.0. The van der Waals surface area contributed by atoms with Gasteiger partial charge in [-0.1, -0.05) is 0 Å². The zero-order valence-electron chi connectivity index (χ0n) is 13.5. The van der Waals surface area contributed by atoms with Crippen LogP contribution in [-0.4, -0.2) is 55.5 Å². The fourth-order valence-corrected chi connectivity index (χ4v) is 2.67. The number of urea groups is 1. The second kappa shape index (κ2) is 7.08. The topological polar surface area (TPSA) is 88.1 Å². The minimum Gasteiger partial charge on any atom is -0.493 e. The number of anilines is 1. The van der Waals surface area contributed by atoms with Crippen molar-refractivity contribution in [2.75, 3.05) is 32.6 Å². The Hall–Kier alpha value is -2.65. The van der Waals surface area contributed by atoms with Gasteiger partial charge in [-0.2, -0.15) is 13.2 Å². The maximum Gasteiger partial charge on any atom is 0.394 e. The lowest BCUT2D eigenvalue weighted by molar-refractivity contribution is -0.187. The van der Waals surface area contributed by atoms with Gasteiger partial charge < -0.3 is 24.8 Å². The van der Waals surface area contributed by atoms with Crippen LogP contribution in [0.3, 0.4) is 0 Å². The van der Waals surface area contributed by atoms with Gasteiger partial charge in [0.15, 0.2) is 11.5 Å². The predicted octanol–water partition coefficient (Wildman–Crippen LogP) is 2.43. The van der Waals surface area contributed by atoms with Crippen molar-refractivity contribution in [2.24, 2.45) is 11.8 Å². The molecule has 0 aliphatic carbocycles. The molecule has 1 fully saturated rings. The van der Waals surface area contributed by atoms with Crippen molar-refractivity contribution in [1.82, 2.24) is 4.90 Å². The highest BCUT2D eigenvalue weighted by Crippen LogP contribution is 2.38. The molecule has 1 aromatic carbocycles. The highest BCUT2D eigenvalue weighted by atomic mass is 19.4. The number of carboxylic acid groups (broad SMARTS) is 1. The molecule has 0 saturated carbocycles. The monoisotopic (exact) mass is 362 g/mol. The number of nitrogens with zero attached hydrogens (tertiary/aromatic N) is 1. The van der Waals surface area contributed by atoms with Gasteiger partial charge in [0.1, 0.15) is 0 Å². The van der Waals surface area contributed by atoms with Crippen LogP contribution in [0.1, 0.15) is 0 Å². The molecule has 0 radical (unpaired) electrons. The molecule has 1 aliphatic rings. The molecule has 1 aliphatic heterocycles. The van der Waals surface area contributed by atoms with Gasteiger partial charge in [-0.3, -0.25) is 4.79 Å². The molecule has 2 N–H and O–H groups in total. The third-order valence-electron chi connectivity index (χ3n) is 3.98. The Labute approximate surface area is 141 Å². The number of hydrogen-bond acceptors (Lipinski definition) is 4. The van der Waals surface area contributed by atoms with E-state index < -0.39 is 43.1 Å². The quantitative estimate of drug-likeness (QED) is 0.859. The first-order valence-electron chi connectivity index (χ1n) is 7.24. The average molecular weight is 362 g/mol. The molecule has 2 amide bonds. The number of aliphatic carboxylic acids is 1. The summed E-state index contributed by atoms with van der Waals surface area (Å²) >= 11 is 0. The SMILES string of the molecule is COc1ccc(NC(=O)N2C[C@@H](C(F)(F)F)[C@H](C(=O)O)C2)cc1OC. The van der Waals surface area contributed by atoms with E-state index in [1.807, 2.05) is 0 Å². The number of ether oxygens (including phenoxy) is 2. The van der Waals surface area contributed by atoms with Gasteiger partial charge in [0.05, 0.1) is 26.1 Å². The molecule has 0 unspecified atom stereocenters. The first kappa shape index (κ1) is 18.7. The van der Waals surface area contributed by atoms with Crippen LogP contribution >= 0.6 is 0 Å². The van der Waals surface area contributed by atoms with E-state index in [9.17, 15) is 22.8 Å². The Morgan fingerprint density at radius 3 is 2.32 bits per heavy atom.